The van der Waals surface area contributed by atoms with Crippen molar-refractivity contribution < 1.29 is 4.79 Å². The average molecular weight is 233 g/mol. The normalized spacial score (nSPS) is 14.4. The summed E-state index contributed by atoms with van der Waals surface area (Å²) < 4.78 is 0. The Morgan fingerprint density at radius 3 is 3.06 bits per heavy atom. The van der Waals surface area contributed by atoms with E-state index in [1.165, 1.54) is 0 Å². The topological polar surface area (TPSA) is 54.0 Å². The molecule has 1 aliphatic carbocycles. The number of nitrogens with one attached hydrogen (secondary N) is 2. The first kappa shape index (κ1) is 11.9. The molecule has 1 fully saturated rings. The van der Waals surface area contributed by atoms with Gasteiger partial charge in [-0.3, -0.25) is 9.78 Å². The summed E-state index contributed by atoms with van der Waals surface area (Å²) in [5.74, 6) is -0.0633. The Kier molecular flexibility index (Phi) is 3.96. The summed E-state index contributed by atoms with van der Waals surface area (Å²) in [4.78, 5) is 15.9. The van der Waals surface area contributed by atoms with Gasteiger partial charge in [0.1, 0.15) is 5.69 Å². The number of carbonyl (C=O) groups excluding carboxylic acids is 1. The first-order valence-electron chi connectivity index (χ1n) is 6.30. The minimum atomic E-state index is -0.0633. The zero-order valence-electron chi connectivity index (χ0n) is 10.2. The third-order valence-corrected chi connectivity index (χ3v) is 2.76. The highest BCUT2D eigenvalue weighted by Crippen LogP contribution is 2.19. The fourth-order valence-electron chi connectivity index (χ4n) is 1.56. The van der Waals surface area contributed by atoms with Crippen LogP contribution in [0, 0.1) is 0 Å². The van der Waals surface area contributed by atoms with Crippen molar-refractivity contribution in [2.75, 3.05) is 11.9 Å². The number of aromatic nitrogens is 1. The Hall–Kier alpha value is -1.58. The molecule has 4 nitrogen and oxygen atoms in total. The van der Waals surface area contributed by atoms with Crippen molar-refractivity contribution >= 4 is 11.6 Å². The molecule has 2 rings (SSSR count). The molecule has 1 saturated carbocycles. The van der Waals surface area contributed by atoms with Crippen LogP contribution in [0.15, 0.2) is 18.3 Å². The van der Waals surface area contributed by atoms with Crippen LogP contribution in [-0.4, -0.2) is 23.5 Å². The van der Waals surface area contributed by atoms with Crippen LogP contribution >= 0.6 is 0 Å². The predicted molar refractivity (Wildman–Crippen MR) is 68.1 cm³/mol. The lowest BCUT2D eigenvalue weighted by molar-refractivity contribution is 0.0946. The number of hydrogen-bond donors (Lipinski definition) is 2. The second-order valence-electron chi connectivity index (χ2n) is 4.46. The molecular weight excluding hydrogens is 214 g/mol. The van der Waals surface area contributed by atoms with Gasteiger partial charge in [0.25, 0.3) is 5.91 Å². The monoisotopic (exact) mass is 233 g/mol. The third kappa shape index (κ3) is 3.73. The Bertz CT molecular complexity index is 388. The largest absolute Gasteiger partial charge is 0.385 e. The molecule has 0 atom stereocenters. The smallest absolute Gasteiger partial charge is 0.270 e. The Morgan fingerprint density at radius 1 is 1.53 bits per heavy atom. The summed E-state index contributed by atoms with van der Waals surface area (Å²) in [7, 11) is 0. The molecular formula is C13H19N3O. The average Bonchev–Trinajstić information content (AvgIpc) is 3.14. The van der Waals surface area contributed by atoms with Crippen LogP contribution in [0.4, 0.5) is 5.69 Å². The van der Waals surface area contributed by atoms with Crippen LogP contribution in [0.1, 0.15) is 43.1 Å². The highest BCUT2D eigenvalue weighted by atomic mass is 16.2. The molecule has 0 bridgehead atoms. The van der Waals surface area contributed by atoms with Crippen LogP contribution in [0.5, 0.6) is 0 Å². The quantitative estimate of drug-likeness (QED) is 0.740. The van der Waals surface area contributed by atoms with Gasteiger partial charge in [0, 0.05) is 24.5 Å². The molecule has 1 aromatic heterocycles. The highest BCUT2D eigenvalue weighted by molar-refractivity contribution is 5.93. The summed E-state index contributed by atoms with van der Waals surface area (Å²) >= 11 is 0. The van der Waals surface area contributed by atoms with E-state index in [1.807, 2.05) is 12.1 Å². The number of pyridine rings is 1. The molecule has 0 aromatic carbocycles. The van der Waals surface area contributed by atoms with Crippen LogP contribution in [-0.2, 0) is 0 Å². The molecule has 17 heavy (non-hydrogen) atoms. The lowest BCUT2D eigenvalue weighted by atomic mass is 10.3. The summed E-state index contributed by atoms with van der Waals surface area (Å²) in [6.07, 6.45) is 6.16. The lowest BCUT2D eigenvalue weighted by Crippen LogP contribution is -2.26. The zero-order valence-corrected chi connectivity index (χ0v) is 10.2. The standard InChI is InChI=1S/C13H19N3O/c1-2-3-7-14-11-6-8-15-12(9-11)13(17)16-10-4-5-10/h6,8-10H,2-5,7H2,1H3,(H,14,15)(H,16,17). The van der Waals surface area contributed by atoms with Crippen LogP contribution in [0.2, 0.25) is 0 Å². The fraction of sp³-hybridized carbons (Fsp3) is 0.538. The SMILES string of the molecule is CCCCNc1ccnc(C(=O)NC2CC2)c1. The molecule has 0 saturated heterocycles. The van der Waals surface area contributed by atoms with E-state index < -0.39 is 0 Å². The van der Waals surface area contributed by atoms with Gasteiger partial charge in [0.2, 0.25) is 0 Å². The molecule has 1 amide bonds. The van der Waals surface area contributed by atoms with Crippen LogP contribution < -0.4 is 10.6 Å². The van der Waals surface area contributed by atoms with E-state index in [-0.39, 0.29) is 5.91 Å². The molecule has 0 spiro atoms. The summed E-state index contributed by atoms with van der Waals surface area (Å²) in [5, 5.41) is 6.23. The molecule has 1 aliphatic rings. The van der Waals surface area contributed by atoms with Crippen molar-refractivity contribution in [2.24, 2.45) is 0 Å². The second-order valence-corrected chi connectivity index (χ2v) is 4.46. The van der Waals surface area contributed by atoms with E-state index >= 15 is 0 Å². The molecule has 92 valence electrons. The first-order chi connectivity index (χ1) is 8.29. The highest BCUT2D eigenvalue weighted by Gasteiger charge is 2.24. The fourth-order valence-corrected chi connectivity index (χ4v) is 1.56. The second kappa shape index (κ2) is 5.66. The number of rotatable bonds is 6. The van der Waals surface area contributed by atoms with Crippen molar-refractivity contribution in [3.63, 3.8) is 0 Å². The number of hydrogen-bond acceptors (Lipinski definition) is 3. The minimum Gasteiger partial charge on any atom is -0.385 e. The molecule has 4 heteroatoms. The van der Waals surface area contributed by atoms with Gasteiger partial charge in [-0.1, -0.05) is 13.3 Å². The van der Waals surface area contributed by atoms with Gasteiger partial charge >= 0.3 is 0 Å². The summed E-state index contributed by atoms with van der Waals surface area (Å²) in [6.45, 7) is 3.09. The van der Waals surface area contributed by atoms with E-state index in [1.54, 1.807) is 6.20 Å². The van der Waals surface area contributed by atoms with Crippen LogP contribution in [0.3, 0.4) is 0 Å². The lowest BCUT2D eigenvalue weighted by Gasteiger charge is -2.07. The maximum atomic E-state index is 11.8. The number of unbranched alkanes of at least 4 members (excludes halogenated alkanes) is 1. The number of anilines is 1. The summed E-state index contributed by atoms with van der Waals surface area (Å²) in [6, 6.07) is 4.08. The van der Waals surface area contributed by atoms with Gasteiger partial charge < -0.3 is 10.6 Å². The Labute approximate surface area is 102 Å². The minimum absolute atomic E-state index is 0.0633. The van der Waals surface area contributed by atoms with Gasteiger partial charge in [0.05, 0.1) is 0 Å². The van der Waals surface area contributed by atoms with E-state index in [4.69, 9.17) is 0 Å². The predicted octanol–water partition coefficient (Wildman–Crippen LogP) is 2.19. The maximum Gasteiger partial charge on any atom is 0.270 e. The third-order valence-electron chi connectivity index (χ3n) is 2.76. The zero-order chi connectivity index (χ0) is 12.1. The van der Waals surface area contributed by atoms with Gasteiger partial charge in [0.15, 0.2) is 0 Å². The maximum absolute atomic E-state index is 11.8. The molecule has 0 unspecified atom stereocenters. The number of amides is 1. The van der Waals surface area contributed by atoms with Crippen molar-refractivity contribution in [2.45, 2.75) is 38.6 Å². The van der Waals surface area contributed by atoms with Gasteiger partial charge in [-0.15, -0.1) is 0 Å². The van der Waals surface area contributed by atoms with E-state index in [2.05, 4.69) is 22.5 Å². The van der Waals surface area contributed by atoms with Gasteiger partial charge in [-0.2, -0.15) is 0 Å². The van der Waals surface area contributed by atoms with Crippen molar-refractivity contribution in [3.05, 3.63) is 24.0 Å². The van der Waals surface area contributed by atoms with Crippen molar-refractivity contribution in [3.8, 4) is 0 Å². The summed E-state index contributed by atoms with van der Waals surface area (Å²) in [5.41, 5.74) is 1.47. The van der Waals surface area contributed by atoms with Crippen LogP contribution in [0.25, 0.3) is 0 Å². The van der Waals surface area contributed by atoms with E-state index in [0.29, 0.717) is 11.7 Å². The Morgan fingerprint density at radius 2 is 2.35 bits per heavy atom. The number of carbonyl (C=O) groups is 1. The van der Waals surface area contributed by atoms with E-state index in [0.717, 1.165) is 37.9 Å². The van der Waals surface area contributed by atoms with E-state index in [9.17, 15) is 4.79 Å². The molecule has 0 aliphatic heterocycles. The molecule has 2 N–H and O–H groups in total. The number of nitrogens with zero attached hydrogens (tertiary/aromatic N) is 1. The van der Waals surface area contributed by atoms with Crippen molar-refractivity contribution in [1.82, 2.24) is 10.3 Å². The Balaban J connectivity index is 1.92. The van der Waals surface area contributed by atoms with Gasteiger partial charge in [-0.25, -0.2) is 0 Å². The van der Waals surface area contributed by atoms with Gasteiger partial charge in [-0.05, 0) is 31.4 Å². The molecule has 1 heterocycles. The first-order valence-corrected chi connectivity index (χ1v) is 6.30. The molecule has 1 aromatic rings. The van der Waals surface area contributed by atoms with Crippen molar-refractivity contribution in [1.29, 1.82) is 0 Å². The molecule has 0 radical (unpaired) electrons.